The second-order valence-corrected chi connectivity index (χ2v) is 6.54. The van der Waals surface area contributed by atoms with Crippen molar-refractivity contribution in [2.45, 2.75) is 18.7 Å². The topological polar surface area (TPSA) is 90.0 Å². The average Bonchev–Trinajstić information content (AvgIpc) is 2.57. The summed E-state index contributed by atoms with van der Waals surface area (Å²) in [5.41, 5.74) is 7.32. The lowest BCUT2D eigenvalue weighted by Gasteiger charge is -2.11. The molecule has 0 spiro atoms. The number of hydrogen-bond acceptors (Lipinski definition) is 4. The van der Waals surface area contributed by atoms with Gasteiger partial charge in [0.05, 0.1) is 11.4 Å². The first-order valence-electron chi connectivity index (χ1n) is 5.80. The zero-order valence-corrected chi connectivity index (χ0v) is 12.9. The highest BCUT2D eigenvalue weighted by Gasteiger charge is 2.25. The zero-order valence-electron chi connectivity index (χ0n) is 11.3. The molecule has 0 aliphatic carbocycles. The molecular weight excluding hydrogens is 300 g/mol. The van der Waals surface area contributed by atoms with Gasteiger partial charge in [-0.25, -0.2) is 8.42 Å². The molecule has 108 valence electrons. The Bertz CT molecular complexity index is 768. The highest BCUT2D eigenvalue weighted by Crippen LogP contribution is 2.26. The molecule has 0 saturated carbocycles. The van der Waals surface area contributed by atoms with Gasteiger partial charge in [0.15, 0.2) is 10.7 Å². The maximum absolute atomic E-state index is 12.4. The molecule has 20 heavy (non-hydrogen) atoms. The minimum atomic E-state index is -3.79. The molecule has 6 nitrogen and oxygen atoms in total. The molecule has 0 aliphatic heterocycles. The predicted molar refractivity (Wildman–Crippen MR) is 79.4 cm³/mol. The lowest BCUT2D eigenvalue weighted by Crippen LogP contribution is -2.16. The second kappa shape index (κ2) is 4.99. The molecule has 2 aromatic rings. The molecule has 1 aromatic heterocycles. The number of nitrogens with zero attached hydrogens (tertiary/aromatic N) is 2. The van der Waals surface area contributed by atoms with E-state index in [-0.39, 0.29) is 10.7 Å². The molecule has 0 radical (unpaired) electrons. The molecule has 1 aromatic carbocycles. The van der Waals surface area contributed by atoms with Crippen molar-refractivity contribution in [2.24, 2.45) is 7.05 Å². The van der Waals surface area contributed by atoms with Crippen LogP contribution >= 0.6 is 11.6 Å². The summed E-state index contributed by atoms with van der Waals surface area (Å²) in [5.74, 6) is -0.0240. The third-order valence-electron chi connectivity index (χ3n) is 3.01. The number of sulfonamides is 1. The second-order valence-electron chi connectivity index (χ2n) is 4.49. The van der Waals surface area contributed by atoms with Crippen molar-refractivity contribution < 1.29 is 8.42 Å². The van der Waals surface area contributed by atoms with E-state index in [4.69, 9.17) is 17.3 Å². The molecule has 8 heteroatoms. The van der Waals surface area contributed by atoms with Gasteiger partial charge in [-0.15, -0.1) is 0 Å². The van der Waals surface area contributed by atoms with Crippen molar-refractivity contribution in [3.05, 3.63) is 34.5 Å². The Morgan fingerprint density at radius 2 is 2.00 bits per heavy atom. The highest BCUT2D eigenvalue weighted by molar-refractivity contribution is 7.93. The third kappa shape index (κ3) is 2.59. The average molecular weight is 315 g/mol. The van der Waals surface area contributed by atoms with Crippen molar-refractivity contribution in [3.63, 3.8) is 0 Å². The van der Waals surface area contributed by atoms with Crippen LogP contribution in [-0.2, 0) is 17.1 Å². The molecule has 0 unspecified atom stereocenters. The van der Waals surface area contributed by atoms with Crippen LogP contribution in [0.3, 0.4) is 0 Å². The molecule has 1 heterocycles. The first-order chi connectivity index (χ1) is 9.22. The lowest BCUT2D eigenvalue weighted by molar-refractivity contribution is 0.600. The lowest BCUT2D eigenvalue weighted by atomic mass is 10.2. The number of halogens is 1. The Morgan fingerprint density at radius 3 is 2.50 bits per heavy atom. The molecule has 0 saturated heterocycles. The Hall–Kier alpha value is -1.73. The fourth-order valence-corrected chi connectivity index (χ4v) is 3.57. The van der Waals surface area contributed by atoms with Crippen molar-refractivity contribution in [1.29, 1.82) is 0 Å². The Morgan fingerprint density at radius 1 is 1.35 bits per heavy atom. The van der Waals surface area contributed by atoms with Crippen molar-refractivity contribution in [2.75, 3.05) is 10.5 Å². The number of nitrogen functional groups attached to an aromatic ring is 1. The maximum Gasteiger partial charge on any atom is 0.267 e. The SMILES string of the molecule is Cc1cc(Cl)ccc1NS(=O)(=O)c1c(N)nn(C)c1C. The Balaban J connectivity index is 2.46. The molecule has 0 fully saturated rings. The predicted octanol–water partition coefficient (Wildman–Crippen LogP) is 2.07. The van der Waals surface area contributed by atoms with Gasteiger partial charge in [-0.3, -0.25) is 9.40 Å². The minimum absolute atomic E-state index is 0.00523. The van der Waals surface area contributed by atoms with Crippen LogP contribution in [0.4, 0.5) is 11.5 Å². The smallest absolute Gasteiger partial charge is 0.267 e. The number of benzene rings is 1. The molecule has 0 bridgehead atoms. The number of aromatic nitrogens is 2. The van der Waals surface area contributed by atoms with Crippen molar-refractivity contribution in [3.8, 4) is 0 Å². The van der Waals surface area contributed by atoms with Crippen LogP contribution in [0, 0.1) is 13.8 Å². The van der Waals surface area contributed by atoms with Crippen LogP contribution < -0.4 is 10.5 Å². The van der Waals surface area contributed by atoms with Crippen LogP contribution in [0.15, 0.2) is 23.1 Å². The first kappa shape index (κ1) is 14.7. The quantitative estimate of drug-likeness (QED) is 0.907. The monoisotopic (exact) mass is 314 g/mol. The summed E-state index contributed by atoms with van der Waals surface area (Å²) in [6.45, 7) is 3.41. The maximum atomic E-state index is 12.4. The van der Waals surface area contributed by atoms with Gasteiger partial charge in [-0.1, -0.05) is 11.6 Å². The minimum Gasteiger partial charge on any atom is -0.381 e. The van der Waals surface area contributed by atoms with Crippen LogP contribution in [0.1, 0.15) is 11.3 Å². The van der Waals surface area contributed by atoms with Gasteiger partial charge in [-0.2, -0.15) is 5.10 Å². The zero-order chi connectivity index (χ0) is 15.1. The van der Waals surface area contributed by atoms with Gasteiger partial charge in [0.2, 0.25) is 0 Å². The van der Waals surface area contributed by atoms with E-state index in [1.165, 1.54) is 4.68 Å². The summed E-state index contributed by atoms with van der Waals surface area (Å²) < 4.78 is 28.8. The summed E-state index contributed by atoms with van der Waals surface area (Å²) in [7, 11) is -2.15. The van der Waals surface area contributed by atoms with E-state index in [9.17, 15) is 8.42 Å². The number of hydrogen-bond donors (Lipinski definition) is 2. The largest absolute Gasteiger partial charge is 0.381 e. The van der Waals surface area contributed by atoms with Crippen LogP contribution in [0.2, 0.25) is 5.02 Å². The standard InChI is InChI=1S/C12H15ClN4O2S/c1-7-6-9(13)4-5-10(7)16-20(18,19)11-8(2)17(3)15-12(11)14/h4-6,16H,1-3H3,(H2,14,15). The van der Waals surface area contributed by atoms with E-state index in [1.807, 2.05) is 0 Å². The summed E-state index contributed by atoms with van der Waals surface area (Å²) in [6.07, 6.45) is 0. The Kier molecular flexibility index (Phi) is 3.66. The van der Waals surface area contributed by atoms with Gasteiger partial charge in [0.1, 0.15) is 0 Å². The van der Waals surface area contributed by atoms with E-state index >= 15 is 0 Å². The van der Waals surface area contributed by atoms with Gasteiger partial charge < -0.3 is 5.73 Å². The van der Waals surface area contributed by atoms with Crippen molar-refractivity contribution >= 4 is 33.1 Å². The van der Waals surface area contributed by atoms with Gasteiger partial charge in [0, 0.05) is 12.1 Å². The third-order valence-corrected chi connectivity index (χ3v) is 4.77. The van der Waals surface area contributed by atoms with Crippen LogP contribution in [0.25, 0.3) is 0 Å². The van der Waals surface area contributed by atoms with Crippen molar-refractivity contribution in [1.82, 2.24) is 9.78 Å². The molecule has 2 rings (SSSR count). The number of aryl methyl sites for hydroxylation is 2. The van der Waals surface area contributed by atoms with Crippen LogP contribution in [-0.4, -0.2) is 18.2 Å². The molecule has 0 amide bonds. The fourth-order valence-electron chi connectivity index (χ4n) is 1.88. The Labute approximate surface area is 122 Å². The summed E-state index contributed by atoms with van der Waals surface area (Å²) in [4.78, 5) is -0.00523. The summed E-state index contributed by atoms with van der Waals surface area (Å²) >= 11 is 5.85. The number of nitrogens with one attached hydrogen (secondary N) is 1. The highest BCUT2D eigenvalue weighted by atomic mass is 35.5. The number of nitrogens with two attached hydrogens (primary N) is 1. The fraction of sp³-hybridized carbons (Fsp3) is 0.250. The van der Waals surface area contributed by atoms with Gasteiger partial charge in [-0.05, 0) is 37.6 Å². The molecule has 0 atom stereocenters. The van der Waals surface area contributed by atoms with E-state index in [0.717, 1.165) is 5.56 Å². The van der Waals surface area contributed by atoms with Gasteiger partial charge in [0.25, 0.3) is 10.0 Å². The molecule has 0 aliphatic rings. The number of anilines is 2. The molecular formula is C12H15ClN4O2S. The normalized spacial score (nSPS) is 11.6. The van der Waals surface area contributed by atoms with E-state index in [0.29, 0.717) is 16.4 Å². The van der Waals surface area contributed by atoms with Crippen LogP contribution in [0.5, 0.6) is 0 Å². The number of rotatable bonds is 3. The molecule has 3 N–H and O–H groups in total. The van der Waals surface area contributed by atoms with Gasteiger partial charge >= 0.3 is 0 Å². The first-order valence-corrected chi connectivity index (χ1v) is 7.66. The van der Waals surface area contributed by atoms with E-state index in [2.05, 4.69) is 9.82 Å². The van der Waals surface area contributed by atoms with E-state index in [1.54, 1.807) is 39.1 Å². The summed E-state index contributed by atoms with van der Waals surface area (Å²) in [5, 5.41) is 4.45. The summed E-state index contributed by atoms with van der Waals surface area (Å²) in [6, 6.07) is 4.90. The van der Waals surface area contributed by atoms with E-state index < -0.39 is 10.0 Å².